The summed E-state index contributed by atoms with van der Waals surface area (Å²) in [6.45, 7) is 3.80. The van der Waals surface area contributed by atoms with Crippen LogP contribution in [0.5, 0.6) is 23.0 Å². The van der Waals surface area contributed by atoms with E-state index in [1.165, 1.54) is 21.9 Å². The molecule has 2 aromatic rings. The summed E-state index contributed by atoms with van der Waals surface area (Å²) in [5.74, 6) is 3.42. The summed E-state index contributed by atoms with van der Waals surface area (Å²) in [4.78, 5) is 2.41. The van der Waals surface area contributed by atoms with Crippen molar-refractivity contribution >= 4 is 11.8 Å². The summed E-state index contributed by atoms with van der Waals surface area (Å²) in [5, 5.41) is 2.36. The van der Waals surface area contributed by atoms with Crippen LogP contribution in [0.3, 0.4) is 0 Å². The fourth-order valence-corrected chi connectivity index (χ4v) is 4.43. The van der Waals surface area contributed by atoms with Crippen LogP contribution in [0.2, 0.25) is 0 Å². The molecule has 0 amide bonds. The molecule has 0 aliphatic carbocycles. The molecule has 5 nitrogen and oxygen atoms in total. The van der Waals surface area contributed by atoms with Crippen molar-refractivity contribution in [3.8, 4) is 23.0 Å². The minimum absolute atomic E-state index is 0.228. The van der Waals surface area contributed by atoms with Crippen LogP contribution < -0.4 is 29.4 Å². The number of hydrogen-bond donors (Lipinski definition) is 0. The van der Waals surface area contributed by atoms with Crippen LogP contribution >= 0.6 is 0 Å². The predicted octanol–water partition coefficient (Wildman–Crippen LogP) is 1.67. The summed E-state index contributed by atoms with van der Waals surface area (Å²) in [7, 11) is 0. The van der Waals surface area contributed by atoms with Crippen molar-refractivity contribution in [2.75, 3.05) is 20.1 Å². The van der Waals surface area contributed by atoms with E-state index < -0.39 is 0 Å². The summed E-state index contributed by atoms with van der Waals surface area (Å²) in [6, 6.07) is 8.69. The highest BCUT2D eigenvalue weighted by Gasteiger charge is 2.32. The van der Waals surface area contributed by atoms with Gasteiger partial charge >= 0.3 is 0 Å². The number of hydrogen-bond acceptors (Lipinski definition) is 5. The molecule has 1 unspecified atom stereocenters. The molecule has 0 fully saturated rings. The highest BCUT2D eigenvalue weighted by molar-refractivity contribution is 5.65. The molecule has 0 saturated carbocycles. The maximum absolute atomic E-state index is 5.72. The van der Waals surface area contributed by atoms with Crippen LogP contribution in [0.15, 0.2) is 24.3 Å². The van der Waals surface area contributed by atoms with Crippen LogP contribution in [-0.2, 0) is 6.42 Å². The molecule has 25 heavy (non-hydrogen) atoms. The van der Waals surface area contributed by atoms with Gasteiger partial charge in [-0.1, -0.05) is 6.07 Å². The average molecular weight is 335 g/mol. The fourth-order valence-electron chi connectivity index (χ4n) is 4.43. The van der Waals surface area contributed by atoms with E-state index in [2.05, 4.69) is 36.2 Å². The smallest absolute Gasteiger partial charge is 0.231 e. The molecule has 0 aromatic heterocycles. The first-order chi connectivity index (χ1) is 12.3. The summed E-state index contributed by atoms with van der Waals surface area (Å²) in [5.41, 5.74) is 3.99. The van der Waals surface area contributed by atoms with Crippen molar-refractivity contribution in [3.05, 3.63) is 45.8 Å². The first-order valence-electron chi connectivity index (χ1n) is 8.59. The van der Waals surface area contributed by atoms with Crippen molar-refractivity contribution in [2.24, 2.45) is 0 Å². The number of ether oxygens (including phenoxy) is 4. The number of fused-ring (bicyclic) bond motifs is 7. The van der Waals surface area contributed by atoms with Gasteiger partial charge in [0.1, 0.15) is 0 Å². The van der Waals surface area contributed by atoms with Crippen LogP contribution in [0.1, 0.15) is 24.1 Å². The Bertz CT molecular complexity index is 1040. The Hall–Kier alpha value is -2.82. The van der Waals surface area contributed by atoms with E-state index in [1.807, 2.05) is 6.07 Å². The minimum atomic E-state index is 0.228. The van der Waals surface area contributed by atoms with Gasteiger partial charge in [0.05, 0.1) is 6.04 Å². The number of nitrogens with zero attached hydrogens (tertiary/aromatic N) is 1. The Morgan fingerprint density at radius 1 is 0.960 bits per heavy atom. The van der Waals surface area contributed by atoms with Gasteiger partial charge in [0, 0.05) is 18.0 Å². The lowest BCUT2D eigenvalue weighted by Crippen LogP contribution is -2.43. The summed E-state index contributed by atoms with van der Waals surface area (Å²) < 4.78 is 22.4. The van der Waals surface area contributed by atoms with E-state index >= 15 is 0 Å². The number of benzene rings is 2. The molecule has 0 spiro atoms. The van der Waals surface area contributed by atoms with Gasteiger partial charge in [-0.25, -0.2) is 0 Å². The third-order valence-electron chi connectivity index (χ3n) is 5.61. The normalized spacial score (nSPS) is 21.4. The van der Waals surface area contributed by atoms with E-state index in [0.29, 0.717) is 13.6 Å². The second-order valence-electron chi connectivity index (χ2n) is 6.87. The van der Waals surface area contributed by atoms with Gasteiger partial charge in [-0.15, -0.1) is 0 Å². The maximum Gasteiger partial charge on any atom is 0.231 e. The lowest BCUT2D eigenvalue weighted by Gasteiger charge is -2.39. The SMILES string of the molecule is CC1=c2ccc3c(c2=CN2CCc4cc5c(cc4C12)OCO5)OCO3. The highest BCUT2D eigenvalue weighted by Crippen LogP contribution is 2.43. The lowest BCUT2D eigenvalue weighted by atomic mass is 9.85. The molecular weight excluding hydrogens is 318 g/mol. The first kappa shape index (κ1) is 13.5. The quantitative estimate of drug-likeness (QED) is 0.732. The van der Waals surface area contributed by atoms with Crippen molar-refractivity contribution < 1.29 is 18.9 Å². The van der Waals surface area contributed by atoms with Gasteiger partial charge in [0.25, 0.3) is 0 Å². The summed E-state index contributed by atoms with van der Waals surface area (Å²) in [6.07, 6.45) is 3.22. The van der Waals surface area contributed by atoms with Gasteiger partial charge < -0.3 is 23.8 Å². The van der Waals surface area contributed by atoms with Crippen molar-refractivity contribution in [2.45, 2.75) is 19.4 Å². The van der Waals surface area contributed by atoms with E-state index in [4.69, 9.17) is 18.9 Å². The molecule has 1 atom stereocenters. The highest BCUT2D eigenvalue weighted by atomic mass is 16.7. The monoisotopic (exact) mass is 335 g/mol. The van der Waals surface area contributed by atoms with Crippen LogP contribution in [0.4, 0.5) is 0 Å². The van der Waals surface area contributed by atoms with E-state index in [1.54, 1.807) is 0 Å². The molecule has 4 heterocycles. The second-order valence-corrected chi connectivity index (χ2v) is 6.87. The Morgan fingerprint density at radius 3 is 2.68 bits per heavy atom. The van der Waals surface area contributed by atoms with E-state index in [9.17, 15) is 0 Å². The zero-order chi connectivity index (χ0) is 16.5. The molecule has 2 aromatic carbocycles. The molecular formula is C20H17NO4. The molecule has 4 aliphatic rings. The Balaban J connectivity index is 1.60. The van der Waals surface area contributed by atoms with Gasteiger partial charge in [0.15, 0.2) is 23.0 Å². The van der Waals surface area contributed by atoms with Gasteiger partial charge in [-0.05, 0) is 53.5 Å². The maximum atomic E-state index is 5.72. The lowest BCUT2D eigenvalue weighted by molar-refractivity contribution is 0.173. The zero-order valence-electron chi connectivity index (χ0n) is 13.9. The summed E-state index contributed by atoms with van der Waals surface area (Å²) >= 11 is 0. The topological polar surface area (TPSA) is 40.2 Å². The molecule has 0 radical (unpaired) electrons. The van der Waals surface area contributed by atoms with Crippen molar-refractivity contribution in [1.82, 2.24) is 4.90 Å². The Morgan fingerprint density at radius 2 is 1.76 bits per heavy atom. The van der Waals surface area contributed by atoms with Gasteiger partial charge in [0.2, 0.25) is 13.6 Å². The van der Waals surface area contributed by atoms with Crippen LogP contribution in [0, 0.1) is 0 Å². The largest absolute Gasteiger partial charge is 0.454 e. The molecule has 0 bridgehead atoms. The first-order valence-corrected chi connectivity index (χ1v) is 8.59. The zero-order valence-corrected chi connectivity index (χ0v) is 13.9. The minimum Gasteiger partial charge on any atom is -0.454 e. The van der Waals surface area contributed by atoms with Crippen LogP contribution in [0.25, 0.3) is 11.8 Å². The molecule has 5 heteroatoms. The Kier molecular flexibility index (Phi) is 2.49. The van der Waals surface area contributed by atoms with Gasteiger partial charge in [-0.2, -0.15) is 0 Å². The van der Waals surface area contributed by atoms with Crippen molar-refractivity contribution in [3.63, 3.8) is 0 Å². The third-order valence-corrected chi connectivity index (χ3v) is 5.61. The standard InChI is InChI=1S/C20H17NO4/c1-11-13-2-3-16-20(25-10-22-16)15(13)8-21-5-4-12-6-17-18(24-9-23-17)7-14(12)19(11)21/h2-3,6-8,19H,4-5,9-10H2,1H3. The molecule has 0 N–H and O–H groups in total. The second kappa shape index (κ2) is 4.63. The van der Waals surface area contributed by atoms with E-state index in [-0.39, 0.29) is 6.04 Å². The fraction of sp³-hybridized carbons (Fsp3) is 0.300. The van der Waals surface area contributed by atoms with Crippen molar-refractivity contribution in [1.29, 1.82) is 0 Å². The molecule has 126 valence electrons. The average Bonchev–Trinajstić information content (AvgIpc) is 3.28. The van der Waals surface area contributed by atoms with Crippen LogP contribution in [-0.4, -0.2) is 25.0 Å². The molecule has 0 saturated heterocycles. The van der Waals surface area contributed by atoms with E-state index in [0.717, 1.165) is 41.2 Å². The third kappa shape index (κ3) is 1.73. The predicted molar refractivity (Wildman–Crippen MR) is 91.1 cm³/mol. The Labute approximate surface area is 144 Å². The molecule has 4 aliphatic heterocycles. The number of rotatable bonds is 0. The van der Waals surface area contributed by atoms with Gasteiger partial charge in [-0.3, -0.25) is 0 Å². The molecule has 6 rings (SSSR count).